The van der Waals surface area contributed by atoms with E-state index in [1.807, 2.05) is 0 Å². The zero-order valence-corrected chi connectivity index (χ0v) is 21.4. The third kappa shape index (κ3) is 8.09. The quantitative estimate of drug-likeness (QED) is 0.443. The molecule has 1 aromatic rings. The monoisotopic (exact) mass is 495 g/mol. The van der Waals surface area contributed by atoms with Gasteiger partial charge in [-0.2, -0.15) is 4.31 Å². The maximum Gasteiger partial charge on any atom is 0.338 e. The van der Waals surface area contributed by atoms with Crippen LogP contribution in [0.25, 0.3) is 0 Å². The summed E-state index contributed by atoms with van der Waals surface area (Å²) in [5, 5.41) is 0. The van der Waals surface area contributed by atoms with Crippen molar-refractivity contribution in [1.82, 2.24) is 14.1 Å². The van der Waals surface area contributed by atoms with Gasteiger partial charge in [-0.1, -0.05) is 20.3 Å². The number of amides is 2. The van der Waals surface area contributed by atoms with Gasteiger partial charge < -0.3 is 14.5 Å². The highest BCUT2D eigenvalue weighted by Gasteiger charge is 2.27. The number of benzene rings is 1. The first-order chi connectivity index (χ1) is 16.0. The molecule has 0 spiro atoms. The molecule has 190 valence electrons. The molecular formula is C24H37N3O6S. The summed E-state index contributed by atoms with van der Waals surface area (Å²) in [5.41, 5.74) is 0.232. The Hall–Kier alpha value is -2.46. The van der Waals surface area contributed by atoms with Crippen molar-refractivity contribution >= 4 is 28.3 Å². The van der Waals surface area contributed by atoms with E-state index in [1.165, 1.54) is 33.5 Å². The van der Waals surface area contributed by atoms with Gasteiger partial charge >= 0.3 is 5.97 Å². The van der Waals surface area contributed by atoms with Gasteiger partial charge in [0.25, 0.3) is 5.91 Å². The lowest BCUT2D eigenvalue weighted by atomic mass is 9.92. The van der Waals surface area contributed by atoms with Crippen LogP contribution < -0.4 is 0 Å². The number of sulfonamides is 1. The highest BCUT2D eigenvalue weighted by atomic mass is 32.2. The molecule has 2 atom stereocenters. The third-order valence-corrected chi connectivity index (χ3v) is 7.71. The molecule has 2 unspecified atom stereocenters. The lowest BCUT2D eigenvalue weighted by Crippen LogP contribution is -2.44. The number of hydrogen-bond donors (Lipinski definition) is 0. The van der Waals surface area contributed by atoms with Gasteiger partial charge in [-0.05, 0) is 55.4 Å². The summed E-state index contributed by atoms with van der Waals surface area (Å²) < 4.78 is 32.0. The van der Waals surface area contributed by atoms with Crippen LogP contribution >= 0.6 is 0 Å². The van der Waals surface area contributed by atoms with E-state index in [4.69, 9.17) is 4.74 Å². The van der Waals surface area contributed by atoms with Gasteiger partial charge in [0.15, 0.2) is 6.61 Å². The highest BCUT2D eigenvalue weighted by molar-refractivity contribution is 7.89. The Morgan fingerprint density at radius 1 is 1.03 bits per heavy atom. The molecule has 0 aliphatic carbocycles. The number of nitrogens with zero attached hydrogens (tertiary/aromatic N) is 3. The Balaban J connectivity index is 0.000000739. The second kappa shape index (κ2) is 12.9. The fourth-order valence-electron chi connectivity index (χ4n) is 4.19. The summed E-state index contributed by atoms with van der Waals surface area (Å²) in [7, 11) is -0.160. The first-order valence-electron chi connectivity index (χ1n) is 11.7. The van der Waals surface area contributed by atoms with E-state index in [0.29, 0.717) is 38.0 Å². The fraction of sp³-hybridized carbons (Fsp3) is 0.625. The van der Waals surface area contributed by atoms with E-state index in [2.05, 4.69) is 13.8 Å². The minimum absolute atomic E-state index is 0.170. The highest BCUT2D eigenvalue weighted by Crippen LogP contribution is 2.22. The molecule has 0 aromatic heterocycles. The van der Waals surface area contributed by atoms with E-state index in [0.717, 1.165) is 32.1 Å². The molecule has 0 saturated carbocycles. The van der Waals surface area contributed by atoms with Crippen LogP contribution in [0.15, 0.2) is 29.2 Å². The maximum atomic E-state index is 12.7. The Morgan fingerprint density at radius 2 is 1.56 bits per heavy atom. The van der Waals surface area contributed by atoms with Crippen molar-refractivity contribution in [2.75, 3.05) is 46.9 Å². The molecule has 34 heavy (non-hydrogen) atoms. The molecule has 0 radical (unpaired) electrons. The topological polar surface area (TPSA) is 104 Å². The molecule has 2 heterocycles. The lowest BCUT2D eigenvalue weighted by molar-refractivity contribution is -0.137. The zero-order valence-electron chi connectivity index (χ0n) is 20.6. The first-order valence-corrected chi connectivity index (χ1v) is 13.2. The first kappa shape index (κ1) is 27.8. The molecule has 9 nitrogen and oxygen atoms in total. The normalized spacial score (nSPS) is 21.1. The molecular weight excluding hydrogens is 458 g/mol. The zero-order chi connectivity index (χ0) is 25.3. The van der Waals surface area contributed by atoms with Gasteiger partial charge in [0.2, 0.25) is 16.4 Å². The Bertz CT molecular complexity index is 917. The van der Waals surface area contributed by atoms with Crippen LogP contribution in [0.5, 0.6) is 0 Å². The number of rotatable bonds is 6. The number of likely N-dealkylation sites (tertiary alicyclic amines) is 1. The van der Waals surface area contributed by atoms with E-state index in [-0.39, 0.29) is 23.0 Å². The van der Waals surface area contributed by atoms with E-state index >= 15 is 0 Å². The second-order valence-electron chi connectivity index (χ2n) is 9.38. The molecule has 2 fully saturated rings. The molecule has 2 aliphatic rings. The van der Waals surface area contributed by atoms with Gasteiger partial charge in [0.1, 0.15) is 0 Å². The average molecular weight is 496 g/mol. The minimum Gasteiger partial charge on any atom is -0.452 e. The van der Waals surface area contributed by atoms with Gasteiger partial charge in [-0.25, -0.2) is 13.2 Å². The Morgan fingerprint density at radius 3 is 2.06 bits per heavy atom. The average Bonchev–Trinajstić information content (AvgIpc) is 2.82. The fourth-order valence-corrected chi connectivity index (χ4v) is 5.70. The van der Waals surface area contributed by atoms with Crippen LogP contribution in [0.4, 0.5) is 0 Å². The van der Waals surface area contributed by atoms with Crippen LogP contribution in [0.3, 0.4) is 0 Å². The van der Waals surface area contributed by atoms with E-state index < -0.39 is 16.0 Å². The van der Waals surface area contributed by atoms with Crippen molar-refractivity contribution < 1.29 is 27.5 Å². The summed E-state index contributed by atoms with van der Waals surface area (Å²) in [4.78, 5) is 37.4. The Labute approximate surface area is 203 Å². The van der Waals surface area contributed by atoms with Crippen LogP contribution in [-0.2, 0) is 24.3 Å². The smallest absolute Gasteiger partial charge is 0.338 e. The predicted molar refractivity (Wildman–Crippen MR) is 129 cm³/mol. The molecule has 0 bridgehead atoms. The summed E-state index contributed by atoms with van der Waals surface area (Å²) in [6.45, 7) is 6.35. The number of carbonyl (C=O) groups is 3. The number of hydrogen-bond acceptors (Lipinski definition) is 6. The third-order valence-electron chi connectivity index (χ3n) is 5.80. The van der Waals surface area contributed by atoms with Gasteiger partial charge in [-0.3, -0.25) is 9.59 Å². The second-order valence-corrected chi connectivity index (χ2v) is 11.3. The van der Waals surface area contributed by atoms with Crippen molar-refractivity contribution in [3.63, 3.8) is 0 Å². The van der Waals surface area contributed by atoms with Gasteiger partial charge in [-0.15, -0.1) is 0 Å². The predicted octanol–water partition coefficient (Wildman–Crippen LogP) is 2.23. The molecule has 1 aromatic carbocycles. The molecule has 3 rings (SSSR count). The van der Waals surface area contributed by atoms with Crippen LogP contribution in [0, 0.1) is 11.8 Å². The largest absolute Gasteiger partial charge is 0.452 e. The van der Waals surface area contributed by atoms with Crippen LogP contribution in [0.2, 0.25) is 0 Å². The molecule has 2 saturated heterocycles. The minimum atomic E-state index is -3.53. The SMILES string of the molecule is CC1CC(C)CN(C(=O)COC(=O)c2ccc(S(=O)(=O)N3CCCCC3)cc2)C1.CN(C)C=O. The van der Waals surface area contributed by atoms with Crippen molar-refractivity contribution in [3.8, 4) is 0 Å². The number of esters is 1. The number of piperidine rings is 2. The molecule has 2 amide bonds. The summed E-state index contributed by atoms with van der Waals surface area (Å²) in [6.07, 6.45) is 4.62. The molecule has 2 aliphatic heterocycles. The van der Waals surface area contributed by atoms with Gasteiger partial charge in [0, 0.05) is 40.3 Å². The van der Waals surface area contributed by atoms with Gasteiger partial charge in [0.05, 0.1) is 10.5 Å². The number of carbonyl (C=O) groups excluding carboxylic acids is 3. The van der Waals surface area contributed by atoms with Crippen molar-refractivity contribution in [2.24, 2.45) is 11.8 Å². The van der Waals surface area contributed by atoms with Crippen molar-refractivity contribution in [1.29, 1.82) is 0 Å². The van der Waals surface area contributed by atoms with Crippen LogP contribution in [0.1, 0.15) is 49.9 Å². The Kier molecular flexibility index (Phi) is 10.5. The van der Waals surface area contributed by atoms with E-state index in [9.17, 15) is 22.8 Å². The number of ether oxygens (including phenoxy) is 1. The van der Waals surface area contributed by atoms with Crippen molar-refractivity contribution in [2.45, 2.75) is 44.4 Å². The lowest BCUT2D eigenvalue weighted by Gasteiger charge is -2.34. The molecule has 10 heteroatoms. The molecule has 0 N–H and O–H groups in total. The standard InChI is InChI=1S/C21H30N2O5S.C3H7NO/c1-16-12-17(2)14-22(13-16)20(24)15-28-21(25)18-6-8-19(9-7-18)29(26,27)23-10-4-3-5-11-23;1-4(2)3-5/h6-9,16-17H,3-5,10-15H2,1-2H3;3H,1-2H3. The van der Waals surface area contributed by atoms with Crippen LogP contribution in [-0.4, -0.2) is 87.7 Å². The summed E-state index contributed by atoms with van der Waals surface area (Å²) in [6, 6.07) is 5.73. The summed E-state index contributed by atoms with van der Waals surface area (Å²) in [5.74, 6) is 0.0556. The van der Waals surface area contributed by atoms with E-state index in [1.54, 1.807) is 19.0 Å². The maximum absolute atomic E-state index is 12.7. The van der Waals surface area contributed by atoms with Crippen molar-refractivity contribution in [3.05, 3.63) is 29.8 Å². The summed E-state index contributed by atoms with van der Waals surface area (Å²) >= 11 is 0.